The van der Waals surface area contributed by atoms with E-state index in [1.165, 1.54) is 19.3 Å². The molecule has 3 heteroatoms. The molecule has 3 atom stereocenters. The summed E-state index contributed by atoms with van der Waals surface area (Å²) < 4.78 is 0. The van der Waals surface area contributed by atoms with Gasteiger partial charge in [0.1, 0.15) is 6.07 Å². The van der Waals surface area contributed by atoms with Crippen LogP contribution in [0.1, 0.15) is 38.7 Å². The summed E-state index contributed by atoms with van der Waals surface area (Å²) in [6.07, 6.45) is 3.70. The summed E-state index contributed by atoms with van der Waals surface area (Å²) in [6, 6.07) is 8.17. The summed E-state index contributed by atoms with van der Waals surface area (Å²) >= 11 is 6.04. The number of anilines is 1. The van der Waals surface area contributed by atoms with E-state index in [9.17, 15) is 0 Å². The van der Waals surface area contributed by atoms with Gasteiger partial charge in [0.25, 0.3) is 0 Å². The Morgan fingerprint density at radius 1 is 1.28 bits per heavy atom. The molecule has 1 fully saturated rings. The normalized spacial score (nSPS) is 27.6. The monoisotopic (exact) mass is 262 g/mol. The van der Waals surface area contributed by atoms with Crippen molar-refractivity contribution in [3.8, 4) is 6.07 Å². The molecule has 1 aromatic rings. The van der Waals surface area contributed by atoms with Gasteiger partial charge in [0.15, 0.2) is 0 Å². The van der Waals surface area contributed by atoms with Gasteiger partial charge in [0.05, 0.1) is 10.6 Å². The molecule has 1 aliphatic carbocycles. The van der Waals surface area contributed by atoms with Crippen LogP contribution in [0.25, 0.3) is 0 Å². The zero-order chi connectivity index (χ0) is 13.1. The van der Waals surface area contributed by atoms with E-state index in [2.05, 4.69) is 25.2 Å². The van der Waals surface area contributed by atoms with Crippen LogP contribution >= 0.6 is 11.6 Å². The van der Waals surface area contributed by atoms with Gasteiger partial charge >= 0.3 is 0 Å². The predicted molar refractivity (Wildman–Crippen MR) is 75.8 cm³/mol. The van der Waals surface area contributed by atoms with Crippen LogP contribution in [0.2, 0.25) is 5.02 Å². The Hall–Kier alpha value is -1.20. The quantitative estimate of drug-likeness (QED) is 0.855. The van der Waals surface area contributed by atoms with Crippen LogP contribution in [0, 0.1) is 23.2 Å². The van der Waals surface area contributed by atoms with E-state index in [0.717, 1.165) is 17.5 Å². The third-order valence-corrected chi connectivity index (χ3v) is 4.37. The highest BCUT2D eigenvalue weighted by atomic mass is 35.5. The second kappa shape index (κ2) is 5.63. The molecule has 1 saturated carbocycles. The molecule has 0 heterocycles. The lowest BCUT2D eigenvalue weighted by molar-refractivity contribution is 0.261. The lowest BCUT2D eigenvalue weighted by atomic mass is 9.79. The minimum absolute atomic E-state index is 0.528. The van der Waals surface area contributed by atoms with E-state index < -0.39 is 0 Å². The van der Waals surface area contributed by atoms with Gasteiger partial charge in [0.2, 0.25) is 0 Å². The molecule has 3 unspecified atom stereocenters. The molecule has 0 aromatic heterocycles. The number of nitrogens with one attached hydrogen (secondary N) is 1. The highest BCUT2D eigenvalue weighted by molar-refractivity contribution is 6.32. The summed E-state index contributed by atoms with van der Waals surface area (Å²) in [5, 5.41) is 12.9. The number of rotatable bonds is 2. The second-order valence-corrected chi connectivity index (χ2v) is 5.82. The van der Waals surface area contributed by atoms with Gasteiger partial charge in [-0.1, -0.05) is 25.4 Å². The van der Waals surface area contributed by atoms with Crippen molar-refractivity contribution in [2.45, 2.75) is 39.2 Å². The largest absolute Gasteiger partial charge is 0.382 e. The number of halogens is 1. The Kier molecular flexibility index (Phi) is 4.14. The summed E-state index contributed by atoms with van der Waals surface area (Å²) in [6.45, 7) is 4.66. The molecule has 18 heavy (non-hydrogen) atoms. The first kappa shape index (κ1) is 13.2. The van der Waals surface area contributed by atoms with E-state index in [-0.39, 0.29) is 0 Å². The Morgan fingerprint density at radius 2 is 2.06 bits per heavy atom. The molecular formula is C15H19ClN2. The van der Waals surface area contributed by atoms with E-state index in [0.29, 0.717) is 16.6 Å². The first-order valence-corrected chi connectivity index (χ1v) is 6.94. The third-order valence-electron chi connectivity index (χ3n) is 4.06. The molecule has 1 aromatic carbocycles. The number of hydrogen-bond acceptors (Lipinski definition) is 2. The molecule has 0 spiro atoms. The fourth-order valence-corrected chi connectivity index (χ4v) is 2.83. The molecule has 0 aliphatic heterocycles. The molecule has 2 nitrogen and oxygen atoms in total. The van der Waals surface area contributed by atoms with Crippen LogP contribution in [0.4, 0.5) is 5.69 Å². The highest BCUT2D eigenvalue weighted by Crippen LogP contribution is 2.31. The number of benzene rings is 1. The summed E-state index contributed by atoms with van der Waals surface area (Å²) in [7, 11) is 0. The van der Waals surface area contributed by atoms with Crippen molar-refractivity contribution in [1.29, 1.82) is 5.26 Å². The summed E-state index contributed by atoms with van der Waals surface area (Å²) in [5.74, 6) is 1.60. The lowest BCUT2D eigenvalue weighted by Crippen LogP contribution is -2.30. The zero-order valence-electron chi connectivity index (χ0n) is 10.9. The van der Waals surface area contributed by atoms with Gasteiger partial charge in [-0.3, -0.25) is 0 Å². The van der Waals surface area contributed by atoms with E-state index >= 15 is 0 Å². The van der Waals surface area contributed by atoms with Crippen LogP contribution in [-0.4, -0.2) is 6.04 Å². The molecule has 0 saturated heterocycles. The molecule has 0 radical (unpaired) electrons. The number of nitriles is 1. The lowest BCUT2D eigenvalue weighted by Gasteiger charge is -2.33. The van der Waals surface area contributed by atoms with E-state index in [4.69, 9.17) is 16.9 Å². The zero-order valence-corrected chi connectivity index (χ0v) is 11.7. The number of nitrogens with zero attached hydrogens (tertiary/aromatic N) is 1. The van der Waals surface area contributed by atoms with Crippen LogP contribution in [-0.2, 0) is 0 Å². The first-order valence-electron chi connectivity index (χ1n) is 6.56. The van der Waals surface area contributed by atoms with Gasteiger partial charge in [-0.25, -0.2) is 0 Å². The summed E-state index contributed by atoms with van der Waals surface area (Å²) in [5.41, 5.74) is 1.55. The van der Waals surface area contributed by atoms with Crippen molar-refractivity contribution in [1.82, 2.24) is 0 Å². The maximum atomic E-state index is 8.84. The minimum Gasteiger partial charge on any atom is -0.382 e. The van der Waals surface area contributed by atoms with E-state index in [1.54, 1.807) is 6.07 Å². The molecule has 96 valence electrons. The van der Waals surface area contributed by atoms with E-state index in [1.807, 2.05) is 12.1 Å². The van der Waals surface area contributed by atoms with Crippen LogP contribution in [0.5, 0.6) is 0 Å². The second-order valence-electron chi connectivity index (χ2n) is 5.42. The molecular weight excluding hydrogens is 244 g/mol. The average Bonchev–Trinajstić information content (AvgIpc) is 2.34. The van der Waals surface area contributed by atoms with Gasteiger partial charge in [-0.05, 0) is 49.3 Å². The Balaban J connectivity index is 2.02. The standard InChI is InChI=1S/C15H19ClN2/c1-10-3-5-13(7-11(10)2)18-14-6-4-12(9-17)15(16)8-14/h4,6,8,10-11,13,18H,3,5,7H2,1-2H3. The Bertz CT molecular complexity index is 464. The molecule has 0 bridgehead atoms. The van der Waals surface area contributed by atoms with Crippen molar-refractivity contribution in [2.75, 3.05) is 5.32 Å². The maximum Gasteiger partial charge on any atom is 0.101 e. The third kappa shape index (κ3) is 2.97. The number of hydrogen-bond donors (Lipinski definition) is 1. The van der Waals surface area contributed by atoms with Crippen molar-refractivity contribution >= 4 is 17.3 Å². The fourth-order valence-electron chi connectivity index (χ4n) is 2.61. The highest BCUT2D eigenvalue weighted by Gasteiger charge is 2.24. The summed E-state index contributed by atoms with van der Waals surface area (Å²) in [4.78, 5) is 0. The molecule has 1 aliphatic rings. The van der Waals surface area contributed by atoms with Crippen LogP contribution in [0.15, 0.2) is 18.2 Å². The van der Waals surface area contributed by atoms with Gasteiger partial charge < -0.3 is 5.32 Å². The SMILES string of the molecule is CC1CCC(Nc2ccc(C#N)c(Cl)c2)CC1C. The fraction of sp³-hybridized carbons (Fsp3) is 0.533. The molecule has 0 amide bonds. The Labute approximate surface area is 114 Å². The van der Waals surface area contributed by atoms with Crippen molar-refractivity contribution in [3.63, 3.8) is 0 Å². The van der Waals surface area contributed by atoms with Crippen molar-refractivity contribution in [2.24, 2.45) is 11.8 Å². The van der Waals surface area contributed by atoms with Crippen LogP contribution in [0.3, 0.4) is 0 Å². The van der Waals surface area contributed by atoms with Crippen molar-refractivity contribution < 1.29 is 0 Å². The predicted octanol–water partition coefficient (Wildman–Crippen LogP) is 4.45. The van der Waals surface area contributed by atoms with Crippen LogP contribution < -0.4 is 5.32 Å². The molecule has 2 rings (SSSR count). The molecule has 1 N–H and O–H groups in total. The average molecular weight is 263 g/mol. The maximum absolute atomic E-state index is 8.84. The smallest absolute Gasteiger partial charge is 0.101 e. The topological polar surface area (TPSA) is 35.8 Å². The van der Waals surface area contributed by atoms with Gasteiger partial charge in [0, 0.05) is 11.7 Å². The van der Waals surface area contributed by atoms with Gasteiger partial charge in [-0.15, -0.1) is 0 Å². The minimum atomic E-state index is 0.528. The first-order chi connectivity index (χ1) is 8.60. The van der Waals surface area contributed by atoms with Crippen molar-refractivity contribution in [3.05, 3.63) is 28.8 Å². The van der Waals surface area contributed by atoms with Gasteiger partial charge in [-0.2, -0.15) is 5.26 Å². The Morgan fingerprint density at radius 3 is 2.67 bits per heavy atom.